The number of hydrogen-bond donors (Lipinski definition) is 0. The summed E-state index contributed by atoms with van der Waals surface area (Å²) in [6, 6.07) is 11.1. The van der Waals surface area contributed by atoms with Gasteiger partial charge in [-0.25, -0.2) is 12.8 Å². The molecule has 2 aromatic carbocycles. The zero-order chi connectivity index (χ0) is 20.5. The van der Waals surface area contributed by atoms with Crippen molar-refractivity contribution in [3.8, 4) is 0 Å². The van der Waals surface area contributed by atoms with Crippen molar-refractivity contribution in [2.24, 2.45) is 5.92 Å². The lowest BCUT2D eigenvalue weighted by Gasteiger charge is -2.32. The number of amides is 1. The number of carbonyl (C=O) groups is 1. The van der Waals surface area contributed by atoms with Gasteiger partial charge >= 0.3 is 0 Å². The predicted molar refractivity (Wildman–Crippen MR) is 107 cm³/mol. The van der Waals surface area contributed by atoms with Crippen molar-refractivity contribution in [2.45, 2.75) is 24.7 Å². The standard InChI is InChI=1S/C20H22ClFN2O3S/c1-14-3-5-16(6-4-14)23(2)20(25)15-9-11-24(12-10-15)28(26,27)17-7-8-19(22)18(21)13-17/h3-8,13,15H,9-12H2,1-2H3. The second-order valence-electron chi connectivity index (χ2n) is 6.99. The summed E-state index contributed by atoms with van der Waals surface area (Å²) in [5.74, 6) is -0.927. The monoisotopic (exact) mass is 424 g/mol. The molecule has 0 bridgehead atoms. The average molecular weight is 425 g/mol. The minimum absolute atomic E-state index is 0.0225. The van der Waals surface area contributed by atoms with Gasteiger partial charge in [-0.2, -0.15) is 4.31 Å². The van der Waals surface area contributed by atoms with E-state index in [1.165, 1.54) is 10.4 Å². The third-order valence-corrected chi connectivity index (χ3v) is 7.27. The fraction of sp³-hybridized carbons (Fsp3) is 0.350. The molecule has 0 N–H and O–H groups in total. The van der Waals surface area contributed by atoms with Crippen LogP contribution in [-0.2, 0) is 14.8 Å². The van der Waals surface area contributed by atoms with Gasteiger partial charge in [0.15, 0.2) is 0 Å². The molecule has 5 nitrogen and oxygen atoms in total. The summed E-state index contributed by atoms with van der Waals surface area (Å²) in [4.78, 5) is 14.4. The molecule has 0 spiro atoms. The number of benzene rings is 2. The summed E-state index contributed by atoms with van der Waals surface area (Å²) in [6.45, 7) is 2.45. The highest BCUT2D eigenvalue weighted by atomic mass is 35.5. The van der Waals surface area contributed by atoms with Crippen LogP contribution in [-0.4, -0.2) is 38.8 Å². The minimum atomic E-state index is -3.77. The Morgan fingerprint density at radius 1 is 1.14 bits per heavy atom. The smallest absolute Gasteiger partial charge is 0.243 e. The Morgan fingerprint density at radius 2 is 1.75 bits per heavy atom. The average Bonchev–Trinajstić information content (AvgIpc) is 2.69. The van der Waals surface area contributed by atoms with Crippen molar-refractivity contribution < 1.29 is 17.6 Å². The highest BCUT2D eigenvalue weighted by Crippen LogP contribution is 2.28. The Kier molecular flexibility index (Phi) is 6.07. The number of nitrogens with zero attached hydrogens (tertiary/aromatic N) is 2. The van der Waals surface area contributed by atoms with Gasteiger partial charge in [0.1, 0.15) is 5.82 Å². The van der Waals surface area contributed by atoms with E-state index >= 15 is 0 Å². The van der Waals surface area contributed by atoms with Gasteiger partial charge < -0.3 is 4.90 Å². The quantitative estimate of drug-likeness (QED) is 0.749. The zero-order valence-corrected chi connectivity index (χ0v) is 17.3. The van der Waals surface area contributed by atoms with Crippen molar-refractivity contribution in [1.29, 1.82) is 0 Å². The number of sulfonamides is 1. The Balaban J connectivity index is 1.67. The van der Waals surface area contributed by atoms with Crippen molar-refractivity contribution in [3.63, 3.8) is 0 Å². The highest BCUT2D eigenvalue weighted by Gasteiger charge is 2.33. The topological polar surface area (TPSA) is 57.7 Å². The largest absolute Gasteiger partial charge is 0.315 e. The fourth-order valence-corrected chi connectivity index (χ4v) is 5.04. The van der Waals surface area contributed by atoms with E-state index < -0.39 is 15.8 Å². The second kappa shape index (κ2) is 8.19. The Bertz CT molecular complexity index is 971. The molecule has 28 heavy (non-hydrogen) atoms. The Labute approximate surface area is 169 Å². The zero-order valence-electron chi connectivity index (χ0n) is 15.7. The summed E-state index contributed by atoms with van der Waals surface area (Å²) >= 11 is 5.72. The van der Waals surface area contributed by atoms with E-state index in [1.807, 2.05) is 31.2 Å². The van der Waals surface area contributed by atoms with Crippen molar-refractivity contribution in [1.82, 2.24) is 4.31 Å². The van der Waals surface area contributed by atoms with Crippen LogP contribution in [0.4, 0.5) is 10.1 Å². The van der Waals surface area contributed by atoms with E-state index in [0.717, 1.165) is 23.4 Å². The number of piperidine rings is 1. The summed E-state index contributed by atoms with van der Waals surface area (Å²) in [7, 11) is -2.04. The molecule has 3 rings (SSSR count). The fourth-order valence-electron chi connectivity index (χ4n) is 3.30. The number of carbonyl (C=O) groups excluding carboxylic acids is 1. The molecule has 1 aliphatic heterocycles. The molecule has 1 amide bonds. The molecule has 0 aliphatic carbocycles. The van der Waals surface area contributed by atoms with Gasteiger partial charge in [0.25, 0.3) is 0 Å². The maximum atomic E-state index is 13.3. The molecule has 8 heteroatoms. The number of aryl methyl sites for hydroxylation is 1. The lowest BCUT2D eigenvalue weighted by Crippen LogP contribution is -2.43. The predicted octanol–water partition coefficient (Wildman–Crippen LogP) is 3.85. The van der Waals surface area contributed by atoms with E-state index in [1.54, 1.807) is 11.9 Å². The molecule has 0 aromatic heterocycles. The van der Waals surface area contributed by atoms with Crippen LogP contribution in [0.25, 0.3) is 0 Å². The molecule has 0 radical (unpaired) electrons. The minimum Gasteiger partial charge on any atom is -0.315 e. The van der Waals surface area contributed by atoms with Crippen LogP contribution < -0.4 is 4.90 Å². The summed E-state index contributed by atoms with van der Waals surface area (Å²) < 4.78 is 40.2. The number of halogens is 2. The summed E-state index contributed by atoms with van der Waals surface area (Å²) in [6.07, 6.45) is 0.867. The first kappa shape index (κ1) is 20.8. The summed E-state index contributed by atoms with van der Waals surface area (Å²) in [5, 5.41) is -0.231. The van der Waals surface area contributed by atoms with Gasteiger partial charge in [0.05, 0.1) is 9.92 Å². The van der Waals surface area contributed by atoms with Gasteiger partial charge in [-0.1, -0.05) is 29.3 Å². The molecule has 1 saturated heterocycles. The molecule has 1 heterocycles. The second-order valence-corrected chi connectivity index (χ2v) is 9.33. The molecule has 0 atom stereocenters. The molecule has 0 unspecified atom stereocenters. The Hall–Kier alpha value is -1.96. The van der Waals surface area contributed by atoms with Crippen LogP contribution in [0.2, 0.25) is 5.02 Å². The van der Waals surface area contributed by atoms with Crippen molar-refractivity contribution in [2.75, 3.05) is 25.0 Å². The lowest BCUT2D eigenvalue weighted by atomic mass is 9.96. The van der Waals surface area contributed by atoms with Crippen molar-refractivity contribution in [3.05, 3.63) is 58.9 Å². The molecular formula is C20H22ClFN2O3S. The maximum Gasteiger partial charge on any atom is 0.243 e. The Morgan fingerprint density at radius 3 is 2.32 bits per heavy atom. The van der Waals surface area contributed by atoms with E-state index in [2.05, 4.69) is 0 Å². The SMILES string of the molecule is Cc1ccc(N(C)C(=O)C2CCN(S(=O)(=O)c3ccc(F)c(Cl)c3)CC2)cc1. The first-order chi connectivity index (χ1) is 13.2. The first-order valence-electron chi connectivity index (χ1n) is 8.99. The van der Waals surface area contributed by atoms with Crippen LogP contribution >= 0.6 is 11.6 Å². The third-order valence-electron chi connectivity index (χ3n) is 5.08. The normalized spacial score (nSPS) is 16.1. The van der Waals surface area contributed by atoms with Gasteiger partial charge in [0.2, 0.25) is 15.9 Å². The van der Waals surface area contributed by atoms with Crippen LogP contribution in [0.3, 0.4) is 0 Å². The molecule has 2 aromatic rings. The molecule has 1 fully saturated rings. The third kappa shape index (κ3) is 4.21. The maximum absolute atomic E-state index is 13.3. The van der Waals surface area contributed by atoms with Crippen LogP contribution in [0.5, 0.6) is 0 Å². The number of anilines is 1. The molecule has 150 valence electrons. The molecular weight excluding hydrogens is 403 g/mol. The van der Waals surface area contributed by atoms with Gasteiger partial charge in [-0.05, 0) is 50.1 Å². The number of hydrogen-bond acceptors (Lipinski definition) is 3. The summed E-state index contributed by atoms with van der Waals surface area (Å²) in [5.41, 5.74) is 1.93. The van der Waals surface area contributed by atoms with Crippen molar-refractivity contribution >= 4 is 33.2 Å². The van der Waals surface area contributed by atoms with Gasteiger partial charge in [-0.15, -0.1) is 0 Å². The van der Waals surface area contributed by atoms with E-state index in [0.29, 0.717) is 12.8 Å². The first-order valence-corrected chi connectivity index (χ1v) is 10.8. The highest BCUT2D eigenvalue weighted by molar-refractivity contribution is 7.89. The van der Waals surface area contributed by atoms with Crippen LogP contribution in [0.1, 0.15) is 18.4 Å². The number of rotatable bonds is 4. The van der Waals surface area contributed by atoms with Crippen LogP contribution in [0.15, 0.2) is 47.4 Å². The molecule has 0 saturated carbocycles. The van der Waals surface area contributed by atoms with Crippen LogP contribution in [0, 0.1) is 18.7 Å². The van der Waals surface area contributed by atoms with E-state index in [4.69, 9.17) is 11.6 Å². The lowest BCUT2D eigenvalue weighted by molar-refractivity contribution is -0.123. The molecule has 1 aliphatic rings. The van der Waals surface area contributed by atoms with Gasteiger partial charge in [0, 0.05) is 31.7 Å². The van der Waals surface area contributed by atoms with Gasteiger partial charge in [-0.3, -0.25) is 4.79 Å². The van der Waals surface area contributed by atoms with E-state index in [-0.39, 0.29) is 34.8 Å². The van der Waals surface area contributed by atoms with E-state index in [9.17, 15) is 17.6 Å².